The number of ether oxygens (including phenoxy) is 2. The lowest BCUT2D eigenvalue weighted by Gasteiger charge is -2.25. The van der Waals surface area contributed by atoms with E-state index in [1.807, 2.05) is 13.8 Å². The van der Waals surface area contributed by atoms with E-state index in [2.05, 4.69) is 6.92 Å². The minimum absolute atomic E-state index is 0.0132. The smallest absolute Gasteiger partial charge is 0.165 e. The summed E-state index contributed by atoms with van der Waals surface area (Å²) >= 11 is 0. The molecule has 1 aliphatic carbocycles. The molecule has 2 aliphatic heterocycles. The highest BCUT2D eigenvalue weighted by atomic mass is 16.5. The highest BCUT2D eigenvalue weighted by molar-refractivity contribution is 5.68. The SMILES string of the molecule is CC1Cc2c(c(O)c3c(c2C2(C(C)N)CC2)OC(C)C3)O1. The maximum absolute atomic E-state index is 10.6. The third kappa shape index (κ3) is 1.65. The Bertz CT molecular complexity index is 580. The highest BCUT2D eigenvalue weighted by Gasteiger charge is 2.53. The van der Waals surface area contributed by atoms with Gasteiger partial charge in [-0.05, 0) is 33.6 Å². The van der Waals surface area contributed by atoms with E-state index in [1.165, 1.54) is 5.56 Å². The third-order valence-electron chi connectivity index (χ3n) is 5.36. The van der Waals surface area contributed by atoms with Crippen molar-refractivity contribution >= 4 is 0 Å². The van der Waals surface area contributed by atoms with Crippen LogP contribution in [0.2, 0.25) is 0 Å². The van der Waals surface area contributed by atoms with Crippen LogP contribution in [0.4, 0.5) is 0 Å². The number of hydrogen-bond acceptors (Lipinski definition) is 4. The topological polar surface area (TPSA) is 64.7 Å². The van der Waals surface area contributed by atoms with E-state index in [9.17, 15) is 5.11 Å². The Labute approximate surface area is 125 Å². The van der Waals surface area contributed by atoms with Crippen LogP contribution in [0.25, 0.3) is 0 Å². The normalized spacial score (nSPS) is 29.3. The van der Waals surface area contributed by atoms with Gasteiger partial charge < -0.3 is 20.3 Å². The van der Waals surface area contributed by atoms with Gasteiger partial charge in [0.1, 0.15) is 18.0 Å². The van der Waals surface area contributed by atoms with Crippen LogP contribution in [0.3, 0.4) is 0 Å². The predicted octanol–water partition coefficient (Wildman–Crippen LogP) is 2.42. The molecule has 0 radical (unpaired) electrons. The molecule has 3 unspecified atom stereocenters. The van der Waals surface area contributed by atoms with Crippen molar-refractivity contribution in [3.8, 4) is 17.2 Å². The number of fused-ring (bicyclic) bond motifs is 2. The van der Waals surface area contributed by atoms with Crippen molar-refractivity contribution < 1.29 is 14.6 Å². The zero-order chi connectivity index (χ0) is 14.9. The fourth-order valence-electron chi connectivity index (χ4n) is 4.09. The lowest BCUT2D eigenvalue weighted by atomic mass is 9.82. The average Bonchev–Trinajstić information content (AvgIpc) is 2.98. The molecule has 3 N–H and O–H groups in total. The van der Waals surface area contributed by atoms with E-state index in [0.717, 1.165) is 42.6 Å². The number of benzene rings is 1. The predicted molar refractivity (Wildman–Crippen MR) is 80.3 cm³/mol. The van der Waals surface area contributed by atoms with Gasteiger partial charge in [0.2, 0.25) is 0 Å². The molecule has 4 heteroatoms. The molecular weight excluding hydrogens is 266 g/mol. The van der Waals surface area contributed by atoms with E-state index < -0.39 is 0 Å². The molecule has 4 nitrogen and oxygen atoms in total. The largest absolute Gasteiger partial charge is 0.504 e. The van der Waals surface area contributed by atoms with Crippen LogP contribution in [0.5, 0.6) is 17.2 Å². The molecule has 4 rings (SSSR count). The zero-order valence-corrected chi connectivity index (χ0v) is 12.9. The van der Waals surface area contributed by atoms with Crippen LogP contribution < -0.4 is 15.2 Å². The van der Waals surface area contributed by atoms with Crippen molar-refractivity contribution in [2.45, 2.75) is 70.1 Å². The summed E-state index contributed by atoms with van der Waals surface area (Å²) in [5.74, 6) is 1.87. The molecule has 3 aliphatic rings. The summed E-state index contributed by atoms with van der Waals surface area (Å²) in [5, 5.41) is 10.6. The minimum Gasteiger partial charge on any atom is -0.504 e. The first-order valence-electron chi connectivity index (χ1n) is 7.94. The van der Waals surface area contributed by atoms with E-state index >= 15 is 0 Å². The van der Waals surface area contributed by atoms with Gasteiger partial charge in [0, 0.05) is 41.0 Å². The molecule has 1 aromatic carbocycles. The summed E-state index contributed by atoms with van der Waals surface area (Å²) in [6.07, 6.45) is 3.98. The van der Waals surface area contributed by atoms with E-state index in [-0.39, 0.29) is 29.4 Å². The van der Waals surface area contributed by atoms with E-state index in [0.29, 0.717) is 5.75 Å². The first-order chi connectivity index (χ1) is 9.94. The van der Waals surface area contributed by atoms with Crippen molar-refractivity contribution in [2.24, 2.45) is 5.73 Å². The van der Waals surface area contributed by atoms with Gasteiger partial charge in [-0.15, -0.1) is 0 Å². The number of phenolic OH excluding ortho intramolecular Hbond substituents is 1. The fraction of sp³-hybridized carbons (Fsp3) is 0.647. The Balaban J connectivity index is 1.98. The number of hydrogen-bond donors (Lipinski definition) is 2. The Kier molecular flexibility index (Phi) is 2.57. The highest BCUT2D eigenvalue weighted by Crippen LogP contribution is 2.61. The maximum atomic E-state index is 10.6. The second-order valence-electron chi connectivity index (χ2n) is 7.05. The van der Waals surface area contributed by atoms with Gasteiger partial charge in [0.15, 0.2) is 11.5 Å². The summed E-state index contributed by atoms with van der Waals surface area (Å²) in [5.41, 5.74) is 9.59. The molecular formula is C17H23NO3. The molecule has 2 heterocycles. The monoisotopic (exact) mass is 289 g/mol. The number of nitrogens with two attached hydrogens (primary N) is 1. The average molecular weight is 289 g/mol. The fourth-order valence-corrected chi connectivity index (χ4v) is 4.09. The molecule has 0 bridgehead atoms. The second-order valence-corrected chi connectivity index (χ2v) is 7.05. The Hall–Kier alpha value is -1.42. The van der Waals surface area contributed by atoms with Crippen molar-refractivity contribution in [3.05, 3.63) is 16.7 Å². The Morgan fingerprint density at radius 1 is 1.10 bits per heavy atom. The molecule has 0 saturated heterocycles. The van der Waals surface area contributed by atoms with Crippen LogP contribution >= 0.6 is 0 Å². The summed E-state index contributed by atoms with van der Waals surface area (Å²) in [4.78, 5) is 0. The van der Waals surface area contributed by atoms with Gasteiger partial charge in [-0.1, -0.05) is 0 Å². The number of aromatic hydroxyl groups is 1. The Morgan fingerprint density at radius 3 is 2.24 bits per heavy atom. The summed E-state index contributed by atoms with van der Waals surface area (Å²) in [6, 6.07) is 0.0886. The summed E-state index contributed by atoms with van der Waals surface area (Å²) < 4.78 is 12.0. The zero-order valence-electron chi connectivity index (χ0n) is 12.9. The maximum Gasteiger partial charge on any atom is 0.165 e. The lowest BCUT2D eigenvalue weighted by Crippen LogP contribution is -2.32. The van der Waals surface area contributed by atoms with Gasteiger partial charge in [0.25, 0.3) is 0 Å². The molecule has 0 aromatic heterocycles. The third-order valence-corrected chi connectivity index (χ3v) is 5.36. The first-order valence-corrected chi connectivity index (χ1v) is 7.94. The Morgan fingerprint density at radius 2 is 1.67 bits per heavy atom. The second kappa shape index (κ2) is 4.07. The van der Waals surface area contributed by atoms with Crippen LogP contribution in [-0.2, 0) is 18.3 Å². The minimum atomic E-state index is 0.0132. The van der Waals surface area contributed by atoms with E-state index in [4.69, 9.17) is 15.2 Å². The lowest BCUT2D eigenvalue weighted by molar-refractivity contribution is 0.244. The van der Waals surface area contributed by atoms with Crippen LogP contribution in [0.15, 0.2) is 0 Å². The van der Waals surface area contributed by atoms with Crippen LogP contribution in [0.1, 0.15) is 50.3 Å². The van der Waals surface area contributed by atoms with Crippen molar-refractivity contribution in [3.63, 3.8) is 0 Å². The summed E-state index contributed by atoms with van der Waals surface area (Å²) in [6.45, 7) is 6.17. The van der Waals surface area contributed by atoms with Gasteiger partial charge in [-0.2, -0.15) is 0 Å². The van der Waals surface area contributed by atoms with Crippen molar-refractivity contribution in [1.82, 2.24) is 0 Å². The van der Waals surface area contributed by atoms with Crippen LogP contribution in [-0.4, -0.2) is 23.4 Å². The van der Waals surface area contributed by atoms with Gasteiger partial charge in [-0.3, -0.25) is 0 Å². The molecule has 21 heavy (non-hydrogen) atoms. The quantitative estimate of drug-likeness (QED) is 0.877. The number of rotatable bonds is 2. The van der Waals surface area contributed by atoms with Gasteiger partial charge in [-0.25, -0.2) is 0 Å². The van der Waals surface area contributed by atoms with Gasteiger partial charge in [0.05, 0.1) is 0 Å². The van der Waals surface area contributed by atoms with Crippen LogP contribution in [0, 0.1) is 0 Å². The summed E-state index contributed by atoms with van der Waals surface area (Å²) in [7, 11) is 0. The number of phenols is 1. The molecule has 0 spiro atoms. The first kappa shape index (κ1) is 13.3. The molecule has 3 atom stereocenters. The van der Waals surface area contributed by atoms with Crippen molar-refractivity contribution in [2.75, 3.05) is 0 Å². The van der Waals surface area contributed by atoms with Crippen molar-refractivity contribution in [1.29, 1.82) is 0 Å². The molecule has 1 saturated carbocycles. The molecule has 114 valence electrons. The van der Waals surface area contributed by atoms with E-state index in [1.54, 1.807) is 0 Å². The standard InChI is InChI=1S/C17H23NO3/c1-8-6-11-13(17(4-5-17)10(3)18)15-12(7-9(2)20-15)14(19)16(11)21-8/h8-10,19H,4-7,18H2,1-3H3. The molecule has 1 aromatic rings. The molecule has 0 amide bonds. The van der Waals surface area contributed by atoms with Gasteiger partial charge >= 0.3 is 0 Å². The molecule has 1 fully saturated rings.